The van der Waals surface area contributed by atoms with E-state index in [1.54, 1.807) is 25.6 Å². The lowest BCUT2D eigenvalue weighted by molar-refractivity contribution is 0.102. The fourth-order valence-corrected chi connectivity index (χ4v) is 3.11. The number of nitrogens with one attached hydrogen (secondary N) is 2. The predicted octanol–water partition coefficient (Wildman–Crippen LogP) is 4.94. The number of aryl methyl sites for hydroxylation is 1. The van der Waals surface area contributed by atoms with Crippen molar-refractivity contribution >= 4 is 33.9 Å². The highest BCUT2D eigenvalue weighted by molar-refractivity contribution is 6.05. The molecule has 29 heavy (non-hydrogen) atoms. The van der Waals surface area contributed by atoms with Crippen LogP contribution in [0.3, 0.4) is 0 Å². The first-order valence-corrected chi connectivity index (χ1v) is 9.16. The molecule has 0 bridgehead atoms. The number of rotatable bonds is 5. The summed E-state index contributed by atoms with van der Waals surface area (Å²) < 4.78 is 5.33. The summed E-state index contributed by atoms with van der Waals surface area (Å²) in [6, 6.07) is 17.2. The van der Waals surface area contributed by atoms with Gasteiger partial charge in [-0.1, -0.05) is 24.3 Å². The molecule has 2 aromatic carbocycles. The van der Waals surface area contributed by atoms with Crippen molar-refractivity contribution in [2.45, 2.75) is 6.92 Å². The average molecular weight is 384 g/mol. The van der Waals surface area contributed by atoms with Gasteiger partial charge in [-0.25, -0.2) is 0 Å². The molecule has 1 amide bonds. The minimum absolute atomic E-state index is 0.263. The third-order valence-electron chi connectivity index (χ3n) is 4.52. The van der Waals surface area contributed by atoms with Crippen molar-refractivity contribution in [2.75, 3.05) is 17.7 Å². The van der Waals surface area contributed by atoms with Crippen molar-refractivity contribution in [3.05, 3.63) is 84.3 Å². The van der Waals surface area contributed by atoms with E-state index in [4.69, 9.17) is 4.74 Å². The van der Waals surface area contributed by atoms with Crippen molar-refractivity contribution in [1.82, 2.24) is 9.97 Å². The highest BCUT2D eigenvalue weighted by Gasteiger charge is 2.12. The van der Waals surface area contributed by atoms with E-state index in [0.717, 1.165) is 22.2 Å². The Balaban J connectivity index is 1.59. The topological polar surface area (TPSA) is 76.1 Å². The number of para-hydroxylation sites is 1. The number of nitrogens with zero attached hydrogens (tertiary/aromatic N) is 2. The number of aromatic nitrogens is 2. The summed E-state index contributed by atoms with van der Waals surface area (Å²) in [6.07, 6.45) is 4.96. The first kappa shape index (κ1) is 18.4. The highest BCUT2D eigenvalue weighted by Crippen LogP contribution is 2.27. The Morgan fingerprint density at radius 1 is 1.00 bits per heavy atom. The molecule has 0 aliphatic rings. The summed E-state index contributed by atoms with van der Waals surface area (Å²) in [5.74, 6) is 0.342. The van der Waals surface area contributed by atoms with Gasteiger partial charge in [0.05, 0.1) is 41.4 Å². The lowest BCUT2D eigenvalue weighted by Crippen LogP contribution is -2.13. The van der Waals surface area contributed by atoms with Crippen LogP contribution in [0.4, 0.5) is 17.1 Å². The standard InChI is InChI=1S/C23H20N4O2/c1-15-8-9-21(29-2)20(11-15)27-23(28)17-12-18(14-24-13-17)26-19-7-3-5-16-6-4-10-25-22(16)19/h3-14,26H,1-2H3,(H,27,28). The minimum atomic E-state index is -0.263. The molecule has 0 fully saturated rings. The van der Waals surface area contributed by atoms with Gasteiger partial charge in [-0.05, 0) is 42.8 Å². The molecule has 0 atom stereocenters. The summed E-state index contributed by atoms with van der Waals surface area (Å²) in [6.45, 7) is 1.96. The van der Waals surface area contributed by atoms with Crippen LogP contribution < -0.4 is 15.4 Å². The van der Waals surface area contributed by atoms with Gasteiger partial charge in [0.1, 0.15) is 5.75 Å². The maximum absolute atomic E-state index is 12.8. The summed E-state index contributed by atoms with van der Waals surface area (Å²) in [5, 5.41) is 7.24. The van der Waals surface area contributed by atoms with Gasteiger partial charge in [-0.15, -0.1) is 0 Å². The third kappa shape index (κ3) is 4.01. The molecule has 0 unspecified atom stereocenters. The van der Waals surface area contributed by atoms with Crippen molar-refractivity contribution in [3.8, 4) is 5.75 Å². The van der Waals surface area contributed by atoms with Gasteiger partial charge in [-0.2, -0.15) is 0 Å². The molecule has 6 heteroatoms. The van der Waals surface area contributed by atoms with E-state index in [1.807, 2.05) is 55.5 Å². The molecule has 0 aliphatic carbocycles. The van der Waals surface area contributed by atoms with Gasteiger partial charge in [0.15, 0.2) is 0 Å². The molecule has 2 heterocycles. The van der Waals surface area contributed by atoms with Crippen LogP contribution in [0.5, 0.6) is 5.75 Å². The first-order valence-electron chi connectivity index (χ1n) is 9.16. The summed E-state index contributed by atoms with van der Waals surface area (Å²) >= 11 is 0. The molecule has 0 saturated carbocycles. The largest absolute Gasteiger partial charge is 0.495 e. The molecule has 144 valence electrons. The first-order chi connectivity index (χ1) is 14.1. The van der Waals surface area contributed by atoms with Crippen molar-refractivity contribution in [2.24, 2.45) is 0 Å². The second kappa shape index (κ2) is 7.98. The fourth-order valence-electron chi connectivity index (χ4n) is 3.11. The predicted molar refractivity (Wildman–Crippen MR) is 115 cm³/mol. The van der Waals surface area contributed by atoms with E-state index in [0.29, 0.717) is 22.7 Å². The van der Waals surface area contributed by atoms with Gasteiger partial charge in [0.2, 0.25) is 0 Å². The number of hydrogen-bond acceptors (Lipinski definition) is 5. The van der Waals surface area contributed by atoms with Gasteiger partial charge in [0.25, 0.3) is 5.91 Å². The highest BCUT2D eigenvalue weighted by atomic mass is 16.5. The number of pyridine rings is 2. The van der Waals surface area contributed by atoms with Crippen LogP contribution in [-0.4, -0.2) is 23.0 Å². The molecule has 2 aromatic heterocycles. The van der Waals surface area contributed by atoms with E-state index in [-0.39, 0.29) is 5.91 Å². The van der Waals surface area contributed by atoms with Gasteiger partial charge >= 0.3 is 0 Å². The Kier molecular flexibility index (Phi) is 5.07. The molecule has 4 rings (SSSR count). The molecule has 2 N–H and O–H groups in total. The SMILES string of the molecule is COc1ccc(C)cc1NC(=O)c1cncc(Nc2cccc3cccnc23)c1. The molecule has 4 aromatic rings. The zero-order chi connectivity index (χ0) is 20.2. The molecule has 0 radical (unpaired) electrons. The summed E-state index contributed by atoms with van der Waals surface area (Å²) in [7, 11) is 1.57. The van der Waals surface area contributed by atoms with Gasteiger partial charge < -0.3 is 15.4 Å². The second-order valence-corrected chi connectivity index (χ2v) is 6.63. The Labute approximate surface area is 168 Å². The number of benzene rings is 2. The number of anilines is 3. The number of carbonyl (C=O) groups is 1. The maximum atomic E-state index is 12.8. The Hall–Kier alpha value is -3.93. The van der Waals surface area contributed by atoms with Crippen LogP contribution in [0.2, 0.25) is 0 Å². The van der Waals surface area contributed by atoms with E-state index in [1.165, 1.54) is 6.20 Å². The summed E-state index contributed by atoms with van der Waals surface area (Å²) in [5.41, 5.74) is 4.49. The second-order valence-electron chi connectivity index (χ2n) is 6.63. The van der Waals surface area contributed by atoms with Crippen molar-refractivity contribution in [3.63, 3.8) is 0 Å². The smallest absolute Gasteiger partial charge is 0.257 e. The average Bonchev–Trinajstić information content (AvgIpc) is 2.74. The normalized spacial score (nSPS) is 10.6. The Morgan fingerprint density at radius 2 is 1.86 bits per heavy atom. The van der Waals surface area contributed by atoms with Gasteiger partial charge in [-0.3, -0.25) is 14.8 Å². The lowest BCUT2D eigenvalue weighted by atomic mass is 10.1. The number of ether oxygens (including phenoxy) is 1. The lowest BCUT2D eigenvalue weighted by Gasteiger charge is -2.12. The number of methoxy groups -OCH3 is 1. The number of amides is 1. The molecule has 0 aliphatic heterocycles. The van der Waals surface area contributed by atoms with Crippen LogP contribution in [0, 0.1) is 6.92 Å². The zero-order valence-corrected chi connectivity index (χ0v) is 16.1. The van der Waals surface area contributed by atoms with Crippen LogP contribution >= 0.6 is 0 Å². The zero-order valence-electron chi connectivity index (χ0n) is 16.1. The minimum Gasteiger partial charge on any atom is -0.495 e. The maximum Gasteiger partial charge on any atom is 0.257 e. The van der Waals surface area contributed by atoms with Crippen LogP contribution in [-0.2, 0) is 0 Å². The quantitative estimate of drug-likeness (QED) is 0.509. The number of carbonyl (C=O) groups excluding carboxylic acids is 1. The van der Waals surface area contributed by atoms with E-state index in [2.05, 4.69) is 20.6 Å². The van der Waals surface area contributed by atoms with Gasteiger partial charge in [0, 0.05) is 17.8 Å². The molecular weight excluding hydrogens is 364 g/mol. The molecular formula is C23H20N4O2. The molecule has 0 spiro atoms. The Morgan fingerprint density at radius 3 is 2.72 bits per heavy atom. The van der Waals surface area contributed by atoms with Crippen LogP contribution in [0.15, 0.2) is 73.2 Å². The van der Waals surface area contributed by atoms with Crippen LogP contribution in [0.25, 0.3) is 10.9 Å². The van der Waals surface area contributed by atoms with E-state index < -0.39 is 0 Å². The van der Waals surface area contributed by atoms with Crippen LogP contribution in [0.1, 0.15) is 15.9 Å². The third-order valence-corrected chi connectivity index (χ3v) is 4.52. The summed E-state index contributed by atoms with van der Waals surface area (Å²) in [4.78, 5) is 21.4. The Bertz CT molecular complexity index is 1190. The monoisotopic (exact) mass is 384 g/mol. The molecule has 0 saturated heterocycles. The number of fused-ring (bicyclic) bond motifs is 1. The van der Waals surface area contributed by atoms with E-state index in [9.17, 15) is 4.79 Å². The number of hydrogen-bond donors (Lipinski definition) is 2. The van der Waals surface area contributed by atoms with E-state index >= 15 is 0 Å². The molecule has 6 nitrogen and oxygen atoms in total. The van der Waals surface area contributed by atoms with Crippen molar-refractivity contribution < 1.29 is 9.53 Å². The van der Waals surface area contributed by atoms with Crippen molar-refractivity contribution in [1.29, 1.82) is 0 Å². The fraction of sp³-hybridized carbons (Fsp3) is 0.0870.